The van der Waals surface area contributed by atoms with Crippen LogP contribution in [0.4, 0.5) is 11.4 Å². The van der Waals surface area contributed by atoms with Gasteiger partial charge in [0.2, 0.25) is 0 Å². The van der Waals surface area contributed by atoms with Crippen molar-refractivity contribution >= 4 is 50.8 Å². The Kier molecular flexibility index (Phi) is 4.43. The molecule has 0 atom stereocenters. The molecule has 0 aliphatic heterocycles. The van der Waals surface area contributed by atoms with Gasteiger partial charge < -0.3 is 9.84 Å². The van der Waals surface area contributed by atoms with Crippen molar-refractivity contribution in [2.75, 3.05) is 6.61 Å². The molecule has 2 aromatic heterocycles. The third kappa shape index (κ3) is 3.32. The van der Waals surface area contributed by atoms with Crippen LogP contribution in [0.1, 0.15) is 16.6 Å². The number of carbonyl (C=O) groups is 1. The molecule has 134 valence electrons. The van der Waals surface area contributed by atoms with Gasteiger partial charge in [-0.05, 0) is 60.9 Å². The van der Waals surface area contributed by atoms with Crippen molar-refractivity contribution in [2.24, 2.45) is 10.2 Å². The highest BCUT2D eigenvalue weighted by atomic mass is 32.1. The fourth-order valence-electron chi connectivity index (χ4n) is 2.49. The second-order valence-electron chi connectivity index (χ2n) is 5.55. The van der Waals surface area contributed by atoms with E-state index in [4.69, 9.17) is 4.74 Å². The molecule has 0 spiro atoms. The molecule has 0 amide bonds. The van der Waals surface area contributed by atoms with Gasteiger partial charge in [-0.3, -0.25) is 0 Å². The van der Waals surface area contributed by atoms with E-state index >= 15 is 0 Å². The lowest BCUT2D eigenvalue weighted by Gasteiger charge is -2.00. The highest BCUT2D eigenvalue weighted by Gasteiger charge is 2.19. The number of ether oxygens (including phenoxy) is 1. The summed E-state index contributed by atoms with van der Waals surface area (Å²) >= 11 is 1.04. The number of nitrogens with zero attached hydrogens (tertiary/aromatic N) is 5. The molecule has 0 saturated heterocycles. The van der Waals surface area contributed by atoms with Gasteiger partial charge in [-0.2, -0.15) is 14.6 Å². The first kappa shape index (κ1) is 17.0. The van der Waals surface area contributed by atoms with Crippen LogP contribution in [-0.4, -0.2) is 32.3 Å². The number of rotatable bonds is 4. The molecule has 0 fully saturated rings. The van der Waals surface area contributed by atoms with Crippen LogP contribution in [0.3, 0.4) is 0 Å². The molecule has 0 aliphatic rings. The Morgan fingerprint density at radius 2 is 1.81 bits per heavy atom. The van der Waals surface area contributed by atoms with Crippen molar-refractivity contribution in [3.8, 4) is 5.75 Å². The number of carbonyl (C=O) groups excluding carboxylic acids is 1. The lowest BCUT2D eigenvalue weighted by Crippen LogP contribution is -2.03. The molecule has 27 heavy (non-hydrogen) atoms. The van der Waals surface area contributed by atoms with Gasteiger partial charge >= 0.3 is 5.97 Å². The van der Waals surface area contributed by atoms with Crippen LogP contribution in [0.25, 0.3) is 21.9 Å². The number of aromatic hydroxyl groups is 1. The smallest absolute Gasteiger partial charge is 0.352 e. The first-order valence-electron chi connectivity index (χ1n) is 8.09. The van der Waals surface area contributed by atoms with Gasteiger partial charge in [0.25, 0.3) is 0 Å². The zero-order valence-electron chi connectivity index (χ0n) is 14.2. The highest BCUT2D eigenvalue weighted by Crippen LogP contribution is 2.30. The van der Waals surface area contributed by atoms with Crippen molar-refractivity contribution in [1.82, 2.24) is 14.6 Å². The SMILES string of the molecule is CCOC(=O)c1snc2c1nnc1ccc(N=Nc3ccc(O)cc3)cc12. The normalized spacial score (nSPS) is 11.4. The number of phenols is 1. The summed E-state index contributed by atoms with van der Waals surface area (Å²) in [4.78, 5) is 12.4. The molecule has 0 radical (unpaired) electrons. The summed E-state index contributed by atoms with van der Waals surface area (Å²) in [6, 6.07) is 11.7. The predicted octanol–water partition coefficient (Wildman–Crippen LogP) is 4.54. The molecule has 9 heteroatoms. The molecule has 2 aromatic carbocycles. The molecule has 0 aliphatic carbocycles. The zero-order valence-corrected chi connectivity index (χ0v) is 15.0. The van der Waals surface area contributed by atoms with Gasteiger partial charge in [0.15, 0.2) is 4.88 Å². The van der Waals surface area contributed by atoms with Gasteiger partial charge in [-0.1, -0.05) is 0 Å². The van der Waals surface area contributed by atoms with Crippen LogP contribution < -0.4 is 0 Å². The molecule has 0 saturated carbocycles. The van der Waals surface area contributed by atoms with Crippen LogP contribution in [0.5, 0.6) is 5.75 Å². The summed E-state index contributed by atoms with van der Waals surface area (Å²) in [5.74, 6) is -0.289. The van der Waals surface area contributed by atoms with Crippen LogP contribution >= 0.6 is 11.5 Å². The van der Waals surface area contributed by atoms with Crippen LogP contribution in [0, 0.1) is 0 Å². The summed E-state index contributed by atoms with van der Waals surface area (Å²) in [5.41, 5.74) is 2.86. The Labute approximate surface area is 157 Å². The van der Waals surface area contributed by atoms with Crippen LogP contribution in [0.15, 0.2) is 52.7 Å². The summed E-state index contributed by atoms with van der Waals surface area (Å²) in [6.45, 7) is 2.02. The Bertz CT molecular complexity index is 1170. The maximum absolute atomic E-state index is 12.0. The quantitative estimate of drug-likeness (QED) is 0.412. The topological polar surface area (TPSA) is 110 Å². The molecule has 1 N–H and O–H groups in total. The van der Waals surface area contributed by atoms with E-state index in [9.17, 15) is 9.90 Å². The average molecular weight is 379 g/mol. The number of phenolic OH excluding ortho intramolecular Hbond substituents is 1. The van der Waals surface area contributed by atoms with Crippen molar-refractivity contribution in [2.45, 2.75) is 6.92 Å². The summed E-state index contributed by atoms with van der Waals surface area (Å²) in [7, 11) is 0. The lowest BCUT2D eigenvalue weighted by atomic mass is 10.2. The summed E-state index contributed by atoms with van der Waals surface area (Å²) in [6.07, 6.45) is 0. The Hall–Kier alpha value is -3.46. The molecule has 4 rings (SSSR count). The third-order valence-electron chi connectivity index (χ3n) is 3.75. The van der Waals surface area contributed by atoms with E-state index in [0.29, 0.717) is 32.8 Å². The number of hydrogen-bond acceptors (Lipinski definition) is 9. The molecule has 4 aromatic rings. The monoisotopic (exact) mass is 379 g/mol. The Balaban J connectivity index is 1.75. The maximum atomic E-state index is 12.0. The fourth-order valence-corrected chi connectivity index (χ4v) is 3.21. The first-order chi connectivity index (χ1) is 13.2. The number of benzene rings is 2. The fraction of sp³-hybridized carbons (Fsp3) is 0.111. The molecule has 8 nitrogen and oxygen atoms in total. The predicted molar refractivity (Wildman–Crippen MR) is 101 cm³/mol. The van der Waals surface area contributed by atoms with Gasteiger partial charge in [-0.15, -0.1) is 10.2 Å². The second kappa shape index (κ2) is 7.04. The van der Waals surface area contributed by atoms with Gasteiger partial charge in [0.1, 0.15) is 16.8 Å². The molecule has 0 unspecified atom stereocenters. The Morgan fingerprint density at radius 1 is 1.07 bits per heavy atom. The third-order valence-corrected chi connectivity index (χ3v) is 4.57. The van der Waals surface area contributed by atoms with Gasteiger partial charge in [0, 0.05) is 5.39 Å². The number of esters is 1. The zero-order chi connectivity index (χ0) is 18.8. The van der Waals surface area contributed by atoms with E-state index in [0.717, 1.165) is 16.9 Å². The largest absolute Gasteiger partial charge is 0.508 e. The van der Waals surface area contributed by atoms with E-state index in [2.05, 4.69) is 24.8 Å². The minimum Gasteiger partial charge on any atom is -0.508 e. The van der Waals surface area contributed by atoms with E-state index in [1.165, 1.54) is 0 Å². The van der Waals surface area contributed by atoms with E-state index in [1.807, 2.05) is 0 Å². The Morgan fingerprint density at radius 3 is 2.59 bits per heavy atom. The van der Waals surface area contributed by atoms with Crippen LogP contribution in [0.2, 0.25) is 0 Å². The highest BCUT2D eigenvalue weighted by molar-refractivity contribution is 7.09. The van der Waals surface area contributed by atoms with Crippen molar-refractivity contribution in [3.05, 3.63) is 47.3 Å². The first-order valence-corrected chi connectivity index (χ1v) is 8.87. The molecule has 0 bridgehead atoms. The summed E-state index contributed by atoms with van der Waals surface area (Å²) < 4.78 is 9.40. The van der Waals surface area contributed by atoms with E-state index in [-0.39, 0.29) is 12.4 Å². The summed E-state index contributed by atoms with van der Waals surface area (Å²) in [5, 5.41) is 26.7. The van der Waals surface area contributed by atoms with Crippen LogP contribution in [-0.2, 0) is 4.74 Å². The second-order valence-corrected chi connectivity index (χ2v) is 6.32. The minimum atomic E-state index is -0.457. The maximum Gasteiger partial charge on any atom is 0.352 e. The molecular formula is C18H13N5O3S. The van der Waals surface area contributed by atoms with Gasteiger partial charge in [0.05, 0.1) is 23.5 Å². The lowest BCUT2D eigenvalue weighted by molar-refractivity contribution is 0.0534. The standard InChI is InChI=1S/C18H13N5O3S/c1-2-26-18(25)17-16-15(23-27-17)13-9-11(5-8-14(13)21-22-16)20-19-10-3-6-12(24)7-4-10/h3-9,24H,2H2,1H3. The molecular weight excluding hydrogens is 366 g/mol. The minimum absolute atomic E-state index is 0.168. The van der Waals surface area contributed by atoms with Gasteiger partial charge in [-0.25, -0.2) is 4.79 Å². The van der Waals surface area contributed by atoms with E-state index in [1.54, 1.807) is 49.4 Å². The average Bonchev–Trinajstić information content (AvgIpc) is 3.12. The van der Waals surface area contributed by atoms with Crippen molar-refractivity contribution in [3.63, 3.8) is 0 Å². The number of azo groups is 1. The number of aromatic nitrogens is 3. The van der Waals surface area contributed by atoms with Crippen molar-refractivity contribution < 1.29 is 14.6 Å². The number of fused-ring (bicyclic) bond motifs is 3. The van der Waals surface area contributed by atoms with E-state index < -0.39 is 5.97 Å². The number of hydrogen-bond donors (Lipinski definition) is 1. The van der Waals surface area contributed by atoms with Crippen molar-refractivity contribution in [1.29, 1.82) is 0 Å². The molecule has 2 heterocycles.